The van der Waals surface area contributed by atoms with E-state index >= 15 is 0 Å². The lowest BCUT2D eigenvalue weighted by atomic mass is 9.79. The molecular weight excluding hydrogens is 246 g/mol. The molecule has 0 aromatic heterocycles. The van der Waals surface area contributed by atoms with E-state index in [-0.39, 0.29) is 0 Å². The van der Waals surface area contributed by atoms with Gasteiger partial charge in [-0.15, -0.1) is 0 Å². The predicted octanol–water partition coefficient (Wildman–Crippen LogP) is 3.65. The molecule has 110 valence electrons. The lowest BCUT2D eigenvalue weighted by molar-refractivity contribution is 0.0298. The first-order valence-corrected chi connectivity index (χ1v) is 8.18. The maximum Gasteiger partial charge on any atom is 0.0732 e. The lowest BCUT2D eigenvalue weighted by Gasteiger charge is -2.31. The molecule has 4 unspecified atom stereocenters. The zero-order chi connectivity index (χ0) is 13.9. The van der Waals surface area contributed by atoms with Gasteiger partial charge in [0, 0.05) is 6.04 Å². The fraction of sp³-hybridized carbons (Fsp3) is 0.667. The van der Waals surface area contributed by atoms with Crippen molar-refractivity contribution in [3.05, 3.63) is 35.4 Å². The molecule has 0 amide bonds. The van der Waals surface area contributed by atoms with Crippen molar-refractivity contribution in [3.8, 4) is 0 Å². The van der Waals surface area contributed by atoms with Crippen molar-refractivity contribution < 1.29 is 4.74 Å². The van der Waals surface area contributed by atoms with Crippen molar-refractivity contribution in [1.29, 1.82) is 0 Å². The molecule has 2 aliphatic rings. The van der Waals surface area contributed by atoms with Crippen LogP contribution in [-0.4, -0.2) is 25.3 Å². The van der Waals surface area contributed by atoms with E-state index < -0.39 is 0 Å². The number of hydrogen-bond donors (Lipinski definition) is 1. The number of rotatable bonds is 4. The molecule has 3 rings (SSSR count). The average molecular weight is 273 g/mol. The number of benzene rings is 1. The van der Waals surface area contributed by atoms with Crippen molar-refractivity contribution in [2.24, 2.45) is 0 Å². The van der Waals surface area contributed by atoms with Crippen LogP contribution in [0.4, 0.5) is 0 Å². The summed E-state index contributed by atoms with van der Waals surface area (Å²) in [6.07, 6.45) is 8.40. The van der Waals surface area contributed by atoms with Gasteiger partial charge in [-0.05, 0) is 69.5 Å². The molecular formula is C18H27NO. The third kappa shape index (κ3) is 2.91. The predicted molar refractivity (Wildman–Crippen MR) is 83.2 cm³/mol. The minimum absolute atomic E-state index is 0.407. The Morgan fingerprint density at radius 3 is 2.85 bits per heavy atom. The lowest BCUT2D eigenvalue weighted by Crippen LogP contribution is -2.39. The summed E-state index contributed by atoms with van der Waals surface area (Å²) in [5, 5.41) is 3.52. The molecule has 0 bridgehead atoms. The summed E-state index contributed by atoms with van der Waals surface area (Å²) < 4.78 is 6.08. The summed E-state index contributed by atoms with van der Waals surface area (Å²) in [5.74, 6) is 0.705. The molecule has 1 heterocycles. The van der Waals surface area contributed by atoms with E-state index in [9.17, 15) is 0 Å². The van der Waals surface area contributed by atoms with Crippen molar-refractivity contribution in [2.75, 3.05) is 7.05 Å². The van der Waals surface area contributed by atoms with Crippen LogP contribution in [0.25, 0.3) is 0 Å². The molecule has 1 aromatic rings. The number of fused-ring (bicyclic) bond motifs is 1. The second-order valence-electron chi connectivity index (χ2n) is 6.48. The van der Waals surface area contributed by atoms with Crippen LogP contribution in [0.15, 0.2) is 24.3 Å². The summed E-state index contributed by atoms with van der Waals surface area (Å²) in [7, 11) is 2.09. The van der Waals surface area contributed by atoms with E-state index in [0.717, 1.165) is 0 Å². The Balaban J connectivity index is 1.70. The highest BCUT2D eigenvalue weighted by atomic mass is 16.5. The van der Waals surface area contributed by atoms with Crippen molar-refractivity contribution in [1.82, 2.24) is 5.32 Å². The number of hydrogen-bond acceptors (Lipinski definition) is 2. The maximum atomic E-state index is 6.08. The van der Waals surface area contributed by atoms with Gasteiger partial charge in [0.15, 0.2) is 0 Å². The van der Waals surface area contributed by atoms with Crippen molar-refractivity contribution >= 4 is 0 Å². The van der Waals surface area contributed by atoms with E-state index in [0.29, 0.717) is 24.2 Å². The fourth-order valence-electron chi connectivity index (χ4n) is 3.99. The molecule has 2 nitrogen and oxygen atoms in total. The van der Waals surface area contributed by atoms with Crippen molar-refractivity contribution in [2.45, 2.75) is 69.6 Å². The van der Waals surface area contributed by atoms with Crippen LogP contribution >= 0.6 is 0 Å². The van der Waals surface area contributed by atoms with E-state index in [4.69, 9.17) is 4.74 Å². The molecule has 1 saturated heterocycles. The first kappa shape index (κ1) is 14.1. The van der Waals surface area contributed by atoms with Crippen LogP contribution in [0.3, 0.4) is 0 Å². The minimum Gasteiger partial charge on any atom is -0.374 e. The second-order valence-corrected chi connectivity index (χ2v) is 6.48. The Morgan fingerprint density at radius 1 is 1.25 bits per heavy atom. The second kappa shape index (κ2) is 6.28. The molecule has 2 heteroatoms. The van der Waals surface area contributed by atoms with Gasteiger partial charge in [0.05, 0.1) is 12.2 Å². The SMILES string of the molecule is CNC(CC1CCCc2ccccc21)C1CCC(C)O1. The molecule has 0 spiro atoms. The highest BCUT2D eigenvalue weighted by molar-refractivity contribution is 5.32. The summed E-state index contributed by atoms with van der Waals surface area (Å²) in [4.78, 5) is 0. The molecule has 1 aromatic carbocycles. The quantitative estimate of drug-likeness (QED) is 0.904. The van der Waals surface area contributed by atoms with Gasteiger partial charge in [0.1, 0.15) is 0 Å². The van der Waals surface area contributed by atoms with Gasteiger partial charge in [0.2, 0.25) is 0 Å². The van der Waals surface area contributed by atoms with E-state index in [1.807, 2.05) is 0 Å². The van der Waals surface area contributed by atoms with Gasteiger partial charge >= 0.3 is 0 Å². The zero-order valence-electron chi connectivity index (χ0n) is 12.8. The number of nitrogens with one attached hydrogen (secondary N) is 1. The van der Waals surface area contributed by atoms with Gasteiger partial charge in [0.25, 0.3) is 0 Å². The Hall–Kier alpha value is -0.860. The zero-order valence-corrected chi connectivity index (χ0v) is 12.8. The standard InChI is InChI=1S/C18H27NO/c1-13-10-11-18(20-13)17(19-2)12-15-8-5-7-14-6-3-4-9-16(14)15/h3-4,6,9,13,15,17-19H,5,7-8,10-12H2,1-2H3. The molecule has 1 N–H and O–H groups in total. The molecule has 0 saturated carbocycles. The van der Waals surface area contributed by atoms with Crippen LogP contribution in [0.5, 0.6) is 0 Å². The number of ether oxygens (including phenoxy) is 1. The van der Waals surface area contributed by atoms with Crippen LogP contribution in [0, 0.1) is 0 Å². The van der Waals surface area contributed by atoms with E-state index in [1.54, 1.807) is 11.1 Å². The Kier molecular flexibility index (Phi) is 4.42. The normalized spacial score (nSPS) is 31.0. The number of aryl methyl sites for hydroxylation is 1. The van der Waals surface area contributed by atoms with Gasteiger partial charge in [-0.1, -0.05) is 24.3 Å². The highest BCUT2D eigenvalue weighted by Gasteiger charge is 2.31. The number of likely N-dealkylation sites (N-methyl/N-ethyl adjacent to an activating group) is 1. The van der Waals surface area contributed by atoms with Gasteiger partial charge in [-0.25, -0.2) is 0 Å². The summed E-state index contributed by atoms with van der Waals surface area (Å²) in [6.45, 7) is 2.20. The van der Waals surface area contributed by atoms with Crippen LogP contribution in [0.2, 0.25) is 0 Å². The van der Waals surface area contributed by atoms with Crippen LogP contribution < -0.4 is 5.32 Å². The molecule has 1 aliphatic carbocycles. The summed E-state index contributed by atoms with van der Waals surface area (Å²) >= 11 is 0. The molecule has 1 aliphatic heterocycles. The van der Waals surface area contributed by atoms with Gasteiger partial charge in [-0.2, -0.15) is 0 Å². The van der Waals surface area contributed by atoms with E-state index in [1.165, 1.54) is 38.5 Å². The first-order chi connectivity index (χ1) is 9.78. The monoisotopic (exact) mass is 273 g/mol. The Labute approximate surface area is 122 Å². The third-order valence-electron chi connectivity index (χ3n) is 5.12. The molecule has 1 fully saturated rings. The molecule has 20 heavy (non-hydrogen) atoms. The Bertz CT molecular complexity index is 445. The first-order valence-electron chi connectivity index (χ1n) is 8.18. The van der Waals surface area contributed by atoms with Crippen LogP contribution in [-0.2, 0) is 11.2 Å². The molecule has 4 atom stereocenters. The molecule has 0 radical (unpaired) electrons. The smallest absolute Gasteiger partial charge is 0.0732 e. The highest BCUT2D eigenvalue weighted by Crippen LogP contribution is 2.36. The van der Waals surface area contributed by atoms with Gasteiger partial charge < -0.3 is 10.1 Å². The Morgan fingerprint density at radius 2 is 2.10 bits per heavy atom. The topological polar surface area (TPSA) is 21.3 Å². The van der Waals surface area contributed by atoms with Gasteiger partial charge in [-0.3, -0.25) is 0 Å². The van der Waals surface area contributed by atoms with Crippen molar-refractivity contribution in [3.63, 3.8) is 0 Å². The van der Waals surface area contributed by atoms with E-state index in [2.05, 4.69) is 43.6 Å². The maximum absolute atomic E-state index is 6.08. The fourth-order valence-corrected chi connectivity index (χ4v) is 3.99. The summed E-state index contributed by atoms with van der Waals surface area (Å²) in [5.41, 5.74) is 3.16. The summed E-state index contributed by atoms with van der Waals surface area (Å²) in [6, 6.07) is 9.52. The average Bonchev–Trinajstić information content (AvgIpc) is 2.91. The minimum atomic E-state index is 0.407. The van der Waals surface area contributed by atoms with Crippen LogP contribution in [0.1, 0.15) is 56.1 Å². The largest absolute Gasteiger partial charge is 0.374 e. The third-order valence-corrected chi connectivity index (χ3v) is 5.12.